The van der Waals surface area contributed by atoms with E-state index in [2.05, 4.69) is 41.1 Å². The Morgan fingerprint density at radius 1 is 1.36 bits per heavy atom. The Balaban J connectivity index is 1.98. The topological polar surface area (TPSA) is 0 Å². The Morgan fingerprint density at radius 3 is 2.86 bits per heavy atom. The van der Waals surface area contributed by atoms with Crippen LogP contribution in [0.25, 0.3) is 0 Å². The Kier molecular flexibility index (Phi) is 3.48. The van der Waals surface area contributed by atoms with Crippen molar-refractivity contribution >= 4 is 15.9 Å². The first-order valence-corrected chi connectivity index (χ1v) is 6.68. The second kappa shape index (κ2) is 4.65. The van der Waals surface area contributed by atoms with Gasteiger partial charge in [-0.15, -0.1) is 0 Å². The molecule has 0 aromatic rings. The van der Waals surface area contributed by atoms with Crippen LogP contribution < -0.4 is 0 Å². The Hall–Kier alpha value is -0.0400. The molecule has 2 aliphatic carbocycles. The fourth-order valence-corrected chi connectivity index (χ4v) is 3.14. The summed E-state index contributed by atoms with van der Waals surface area (Å²) in [5, 5.41) is 0. The van der Waals surface area contributed by atoms with Crippen LogP contribution in [-0.4, -0.2) is 4.83 Å². The lowest BCUT2D eigenvalue weighted by Gasteiger charge is -2.33. The fourth-order valence-electron chi connectivity index (χ4n) is 2.66. The van der Waals surface area contributed by atoms with E-state index in [1.54, 1.807) is 5.57 Å². The van der Waals surface area contributed by atoms with Crippen LogP contribution in [0.1, 0.15) is 39.0 Å². The third-order valence-corrected chi connectivity index (χ3v) is 5.00. The molecule has 1 fully saturated rings. The zero-order valence-corrected chi connectivity index (χ0v) is 10.5. The first-order valence-electron chi connectivity index (χ1n) is 5.77. The van der Waals surface area contributed by atoms with Crippen molar-refractivity contribution in [3.63, 3.8) is 0 Å². The highest BCUT2D eigenvalue weighted by atomic mass is 79.9. The number of rotatable bonds is 1. The minimum absolute atomic E-state index is 0.762. The molecule has 0 spiro atoms. The van der Waals surface area contributed by atoms with Crippen LogP contribution in [0.4, 0.5) is 0 Å². The average Bonchev–Trinajstić information content (AvgIpc) is 2.23. The molecule has 0 radical (unpaired) electrons. The Bertz CT molecular complexity index is 252. The molecular formula is C13H19Br. The second-order valence-electron chi connectivity index (χ2n) is 4.71. The molecule has 2 rings (SSSR count). The Morgan fingerprint density at radius 2 is 2.21 bits per heavy atom. The van der Waals surface area contributed by atoms with Crippen LogP contribution >= 0.6 is 15.9 Å². The monoisotopic (exact) mass is 254 g/mol. The van der Waals surface area contributed by atoms with Gasteiger partial charge in [-0.2, -0.15) is 0 Å². The summed E-state index contributed by atoms with van der Waals surface area (Å²) in [6.45, 7) is 2.38. The van der Waals surface area contributed by atoms with E-state index in [1.165, 1.54) is 32.1 Å². The smallest absolute Gasteiger partial charge is 0.0171 e. The molecule has 0 aromatic heterocycles. The van der Waals surface area contributed by atoms with Gasteiger partial charge in [-0.3, -0.25) is 0 Å². The number of halogens is 1. The molecule has 3 unspecified atom stereocenters. The standard InChI is InChI=1S/C13H19Br/c1-10-9-12(7-8-13(10)14)11-5-3-2-4-6-11/h2-3,5,10,12-13H,4,6-9H2,1H3. The highest BCUT2D eigenvalue weighted by molar-refractivity contribution is 9.09. The summed E-state index contributed by atoms with van der Waals surface area (Å²) < 4.78 is 0. The molecular weight excluding hydrogens is 236 g/mol. The molecule has 3 atom stereocenters. The van der Waals surface area contributed by atoms with Gasteiger partial charge in [-0.25, -0.2) is 0 Å². The zero-order chi connectivity index (χ0) is 9.97. The number of hydrogen-bond donors (Lipinski definition) is 0. The summed E-state index contributed by atoms with van der Waals surface area (Å²) in [5.41, 5.74) is 1.71. The maximum absolute atomic E-state index is 3.77. The van der Waals surface area contributed by atoms with Gasteiger partial charge in [0.15, 0.2) is 0 Å². The lowest BCUT2D eigenvalue weighted by Crippen LogP contribution is -2.24. The SMILES string of the molecule is CC1CC(C2=CC=CCC2)CCC1Br. The third kappa shape index (κ3) is 2.31. The first kappa shape index (κ1) is 10.5. The van der Waals surface area contributed by atoms with Crippen molar-refractivity contribution in [2.75, 3.05) is 0 Å². The third-order valence-electron chi connectivity index (χ3n) is 3.64. The molecule has 0 aliphatic heterocycles. The van der Waals surface area contributed by atoms with Crippen molar-refractivity contribution in [3.8, 4) is 0 Å². The summed E-state index contributed by atoms with van der Waals surface area (Å²) in [4.78, 5) is 0.762. The molecule has 0 saturated heterocycles. The molecule has 1 heteroatoms. The van der Waals surface area contributed by atoms with Crippen molar-refractivity contribution < 1.29 is 0 Å². The minimum atomic E-state index is 0.762. The van der Waals surface area contributed by atoms with Crippen LogP contribution in [0.5, 0.6) is 0 Å². The van der Waals surface area contributed by atoms with E-state index in [-0.39, 0.29) is 0 Å². The van der Waals surface area contributed by atoms with E-state index in [0.717, 1.165) is 16.7 Å². The minimum Gasteiger partial charge on any atom is -0.0888 e. The molecule has 1 saturated carbocycles. The van der Waals surface area contributed by atoms with E-state index in [0.29, 0.717) is 0 Å². The number of allylic oxidation sites excluding steroid dienone is 4. The predicted molar refractivity (Wildman–Crippen MR) is 65.7 cm³/mol. The second-order valence-corrected chi connectivity index (χ2v) is 5.89. The first-order chi connectivity index (χ1) is 6.77. The summed E-state index contributed by atoms with van der Waals surface area (Å²) in [6, 6.07) is 0. The van der Waals surface area contributed by atoms with E-state index in [9.17, 15) is 0 Å². The molecule has 0 bridgehead atoms. The maximum Gasteiger partial charge on any atom is 0.0171 e. The molecule has 0 nitrogen and oxygen atoms in total. The predicted octanol–water partition coefficient (Wildman–Crippen LogP) is 4.46. The highest BCUT2D eigenvalue weighted by Crippen LogP contribution is 2.38. The molecule has 0 amide bonds. The van der Waals surface area contributed by atoms with Crippen LogP contribution in [-0.2, 0) is 0 Å². The molecule has 0 N–H and O–H groups in total. The van der Waals surface area contributed by atoms with Gasteiger partial charge in [0.05, 0.1) is 0 Å². The van der Waals surface area contributed by atoms with Gasteiger partial charge in [0.2, 0.25) is 0 Å². The molecule has 2 aliphatic rings. The fraction of sp³-hybridized carbons (Fsp3) is 0.692. The summed E-state index contributed by atoms with van der Waals surface area (Å²) in [6.07, 6.45) is 13.6. The average molecular weight is 255 g/mol. The largest absolute Gasteiger partial charge is 0.0888 e. The highest BCUT2D eigenvalue weighted by Gasteiger charge is 2.27. The number of alkyl halides is 1. The lowest BCUT2D eigenvalue weighted by atomic mass is 9.76. The lowest BCUT2D eigenvalue weighted by molar-refractivity contribution is 0.322. The van der Waals surface area contributed by atoms with Gasteiger partial charge in [-0.1, -0.05) is 46.7 Å². The summed E-state index contributed by atoms with van der Waals surface area (Å²) in [5.74, 6) is 1.73. The van der Waals surface area contributed by atoms with E-state index < -0.39 is 0 Å². The quantitative estimate of drug-likeness (QED) is 0.607. The van der Waals surface area contributed by atoms with Crippen molar-refractivity contribution in [1.29, 1.82) is 0 Å². The molecule has 14 heavy (non-hydrogen) atoms. The summed E-state index contributed by atoms with van der Waals surface area (Å²) >= 11 is 3.77. The van der Waals surface area contributed by atoms with Gasteiger partial charge in [0, 0.05) is 4.83 Å². The van der Waals surface area contributed by atoms with E-state index >= 15 is 0 Å². The van der Waals surface area contributed by atoms with Crippen LogP contribution in [0.2, 0.25) is 0 Å². The van der Waals surface area contributed by atoms with Crippen molar-refractivity contribution in [2.45, 2.75) is 43.9 Å². The zero-order valence-electron chi connectivity index (χ0n) is 8.88. The molecule has 0 heterocycles. The van der Waals surface area contributed by atoms with Crippen LogP contribution in [0, 0.1) is 11.8 Å². The molecule has 78 valence electrons. The van der Waals surface area contributed by atoms with Gasteiger partial charge < -0.3 is 0 Å². The molecule has 0 aromatic carbocycles. The van der Waals surface area contributed by atoms with Crippen LogP contribution in [0.15, 0.2) is 23.8 Å². The van der Waals surface area contributed by atoms with Crippen molar-refractivity contribution in [3.05, 3.63) is 23.8 Å². The van der Waals surface area contributed by atoms with Gasteiger partial charge in [-0.05, 0) is 43.9 Å². The number of hydrogen-bond acceptors (Lipinski definition) is 0. The van der Waals surface area contributed by atoms with Gasteiger partial charge in [0.1, 0.15) is 0 Å². The maximum atomic E-state index is 3.77. The van der Waals surface area contributed by atoms with Gasteiger partial charge >= 0.3 is 0 Å². The van der Waals surface area contributed by atoms with Gasteiger partial charge in [0.25, 0.3) is 0 Å². The van der Waals surface area contributed by atoms with Crippen molar-refractivity contribution in [1.82, 2.24) is 0 Å². The normalized spacial score (nSPS) is 38.1. The van der Waals surface area contributed by atoms with E-state index in [1.807, 2.05) is 0 Å². The van der Waals surface area contributed by atoms with Crippen LogP contribution in [0.3, 0.4) is 0 Å². The summed E-state index contributed by atoms with van der Waals surface area (Å²) in [7, 11) is 0. The van der Waals surface area contributed by atoms with E-state index in [4.69, 9.17) is 0 Å². The van der Waals surface area contributed by atoms with Crippen molar-refractivity contribution in [2.24, 2.45) is 11.8 Å². The Labute approximate surface area is 95.6 Å².